The third kappa shape index (κ3) is 13.6. The average molecular weight is 399 g/mol. The van der Waals surface area contributed by atoms with Crippen molar-refractivity contribution in [1.82, 2.24) is 5.32 Å². The fraction of sp³-hybridized carbons (Fsp3) is 1.00. The molecule has 0 fully saturated rings. The average Bonchev–Trinajstić information content (AvgIpc) is 2.33. The minimum atomic E-state index is -3.21. The zero-order valence-corrected chi connectivity index (χ0v) is 20.2. The van der Waals surface area contributed by atoms with Crippen LogP contribution in [-0.2, 0) is 12.7 Å². The Morgan fingerprint density at radius 3 is 2.13 bits per heavy atom. The lowest BCUT2D eigenvalue weighted by Gasteiger charge is -2.37. The number of hydrogen-bond acceptors (Lipinski definition) is 6. The van der Waals surface area contributed by atoms with Gasteiger partial charge in [0.2, 0.25) is 0 Å². The summed E-state index contributed by atoms with van der Waals surface area (Å²) in [6.45, 7) is 17.0. The molecular weight excluding hydrogens is 360 g/mol. The first-order chi connectivity index (χ1) is 10.4. The predicted molar refractivity (Wildman–Crippen MR) is 107 cm³/mol. The fourth-order valence-electron chi connectivity index (χ4n) is 2.05. The molecule has 0 heterocycles. The predicted octanol–water partition coefficient (Wildman–Crippen LogP) is 1.47. The Labute approximate surface area is 147 Å². The van der Waals surface area contributed by atoms with Gasteiger partial charge >= 0.3 is 17.4 Å². The number of nitrogens with one attached hydrogen (secondary N) is 1. The summed E-state index contributed by atoms with van der Waals surface area (Å²) >= 11 is 0. The lowest BCUT2D eigenvalue weighted by molar-refractivity contribution is 0.195. The van der Waals surface area contributed by atoms with Crippen LogP contribution in [0.5, 0.6) is 0 Å². The molecule has 140 valence electrons. The molecule has 23 heavy (non-hydrogen) atoms. The van der Waals surface area contributed by atoms with Crippen LogP contribution in [0.25, 0.3) is 0 Å². The van der Waals surface area contributed by atoms with Crippen LogP contribution in [0, 0.1) is 0 Å². The van der Waals surface area contributed by atoms with E-state index in [-0.39, 0.29) is 0 Å². The Balaban J connectivity index is 4.70. The van der Waals surface area contributed by atoms with Gasteiger partial charge < -0.3 is 28.5 Å². The van der Waals surface area contributed by atoms with Crippen LogP contribution in [0.1, 0.15) is 6.42 Å². The zero-order valence-electron chi connectivity index (χ0n) is 16.1. The molecule has 0 aliphatic rings. The van der Waals surface area contributed by atoms with Crippen LogP contribution < -0.4 is 11.1 Å². The van der Waals surface area contributed by atoms with E-state index in [4.69, 9.17) is 18.4 Å². The maximum absolute atomic E-state index is 11.0. The Kier molecular flexibility index (Phi) is 10.9. The number of hydrogen-bond donors (Lipinski definition) is 3. The van der Waals surface area contributed by atoms with Crippen LogP contribution in [-0.4, -0.2) is 65.1 Å². The molecule has 1 unspecified atom stereocenters. The molecule has 0 aliphatic carbocycles. The van der Waals surface area contributed by atoms with E-state index in [1.165, 1.54) is 0 Å². The van der Waals surface area contributed by atoms with Crippen molar-refractivity contribution in [2.45, 2.75) is 58.3 Å². The zero-order chi connectivity index (χ0) is 18.1. The van der Waals surface area contributed by atoms with Crippen LogP contribution in [0.4, 0.5) is 0 Å². The summed E-state index contributed by atoms with van der Waals surface area (Å²) in [7, 11) is -8.28. The van der Waals surface area contributed by atoms with E-state index in [9.17, 15) is 4.80 Å². The second-order valence-electron chi connectivity index (χ2n) is 7.78. The van der Waals surface area contributed by atoms with Crippen LogP contribution >= 0.6 is 0 Å². The van der Waals surface area contributed by atoms with Crippen molar-refractivity contribution in [3.8, 4) is 0 Å². The van der Waals surface area contributed by atoms with Gasteiger partial charge in [-0.15, -0.1) is 0 Å². The number of nitrogens with two attached hydrogens (primary N) is 1. The minimum Gasteiger partial charge on any atom is -0.416 e. The topological polar surface area (TPSA) is 86.0 Å². The highest BCUT2D eigenvalue weighted by Gasteiger charge is 2.46. The molecule has 0 radical (unpaired) electrons. The molecule has 0 rings (SSSR count). The third-order valence-corrected chi connectivity index (χ3v) is 12.8. The molecule has 4 N–H and O–H groups in total. The Hall–Kier alpha value is 0.628. The van der Waals surface area contributed by atoms with E-state index in [1.807, 2.05) is 13.1 Å². The summed E-state index contributed by atoms with van der Waals surface area (Å²) in [5.74, 6) is 0. The Morgan fingerprint density at radius 1 is 1.04 bits per heavy atom. The molecule has 1 atom stereocenters. The Bertz CT molecular complexity index is 330. The largest absolute Gasteiger partial charge is 0.478 e. The molecule has 6 nitrogen and oxygen atoms in total. The van der Waals surface area contributed by atoms with Crippen molar-refractivity contribution in [1.29, 1.82) is 0 Å². The summed E-state index contributed by atoms with van der Waals surface area (Å²) in [5, 5.41) is 3.25. The lowest BCUT2D eigenvalue weighted by Crippen LogP contribution is -2.57. The molecule has 0 aromatic carbocycles. The third-order valence-electron chi connectivity index (χ3n) is 2.80. The van der Waals surface area contributed by atoms with Crippen LogP contribution in [0.3, 0.4) is 0 Å². The van der Waals surface area contributed by atoms with Crippen molar-refractivity contribution in [3.05, 3.63) is 0 Å². The summed E-state index contributed by atoms with van der Waals surface area (Å²) in [6.07, 6.45) is 1.60. The first-order valence-corrected chi connectivity index (χ1v) is 19.9. The maximum Gasteiger partial charge on any atom is 0.478 e. The molecule has 0 bridgehead atoms. The second-order valence-corrected chi connectivity index (χ2v) is 21.8. The molecule has 0 saturated heterocycles. The maximum atomic E-state index is 11.0. The van der Waals surface area contributed by atoms with Gasteiger partial charge in [0.05, 0.1) is 8.80 Å². The van der Waals surface area contributed by atoms with Gasteiger partial charge in [-0.1, -0.05) is 13.1 Å². The van der Waals surface area contributed by atoms with E-state index in [1.54, 1.807) is 0 Å². The molecule has 0 saturated carbocycles. The normalized spacial score (nSPS) is 15.9. The highest BCUT2D eigenvalue weighted by atomic mass is 28.5. The summed E-state index contributed by atoms with van der Waals surface area (Å²) in [5.41, 5.74) is 5.47. The SMILES string of the molecule is C[SiH](C)CO[Si](C)(C)O[Si](O)(CCCNCCN)O[Si](C)(C)C. The van der Waals surface area contributed by atoms with Crippen LogP contribution in [0.2, 0.25) is 51.9 Å². The Morgan fingerprint density at radius 2 is 1.65 bits per heavy atom. The summed E-state index contributed by atoms with van der Waals surface area (Å²) in [6, 6.07) is 0.563. The van der Waals surface area contributed by atoms with E-state index >= 15 is 0 Å². The lowest BCUT2D eigenvalue weighted by atomic mass is 10.5. The van der Waals surface area contributed by atoms with Crippen molar-refractivity contribution in [2.24, 2.45) is 5.73 Å². The molecule has 0 aromatic rings. The molecule has 0 spiro atoms. The van der Waals surface area contributed by atoms with Crippen LogP contribution in [0.15, 0.2) is 0 Å². The minimum absolute atomic E-state index is 0.563. The fourth-order valence-corrected chi connectivity index (χ4v) is 14.1. The number of rotatable bonds is 13. The van der Waals surface area contributed by atoms with Crippen molar-refractivity contribution in [2.75, 3.05) is 25.9 Å². The molecule has 0 aliphatic heterocycles. The quantitative estimate of drug-likeness (QED) is 0.322. The standard InChI is InChI=1S/C13H38N2O4Si4/c1-20(2)13-17-22(6,7)19-23(16,18-21(3,4)5)12-8-10-15-11-9-14/h15-16,20H,8-14H2,1-7H3. The molecule has 0 aromatic heterocycles. The highest BCUT2D eigenvalue weighted by Crippen LogP contribution is 2.23. The van der Waals surface area contributed by atoms with Gasteiger partial charge in [0, 0.05) is 25.4 Å². The van der Waals surface area contributed by atoms with Gasteiger partial charge in [-0.2, -0.15) is 0 Å². The van der Waals surface area contributed by atoms with Gasteiger partial charge in [0.25, 0.3) is 0 Å². The smallest absolute Gasteiger partial charge is 0.416 e. The monoisotopic (exact) mass is 398 g/mol. The summed E-state index contributed by atoms with van der Waals surface area (Å²) in [4.78, 5) is 11.0. The van der Waals surface area contributed by atoms with Gasteiger partial charge in [-0.05, 0) is 45.7 Å². The van der Waals surface area contributed by atoms with Gasteiger partial charge in [0.15, 0.2) is 8.32 Å². The van der Waals surface area contributed by atoms with Crippen molar-refractivity contribution < 1.29 is 17.5 Å². The van der Waals surface area contributed by atoms with E-state index in [2.05, 4.69) is 38.1 Å². The van der Waals surface area contributed by atoms with E-state index in [0.29, 0.717) is 12.6 Å². The van der Waals surface area contributed by atoms with Gasteiger partial charge in [-0.25, -0.2) is 0 Å². The van der Waals surface area contributed by atoms with Gasteiger partial charge in [0.1, 0.15) is 0 Å². The first kappa shape index (κ1) is 23.6. The second kappa shape index (κ2) is 10.6. The first-order valence-electron chi connectivity index (χ1n) is 8.56. The van der Waals surface area contributed by atoms with Crippen molar-refractivity contribution >= 4 is 34.5 Å². The van der Waals surface area contributed by atoms with E-state index < -0.39 is 34.5 Å². The van der Waals surface area contributed by atoms with Crippen molar-refractivity contribution in [3.63, 3.8) is 0 Å². The molecular formula is C13H38N2O4Si4. The molecule has 10 heteroatoms. The van der Waals surface area contributed by atoms with E-state index in [0.717, 1.165) is 25.7 Å². The highest BCUT2D eigenvalue weighted by molar-refractivity contribution is 6.84. The molecule has 0 amide bonds. The summed E-state index contributed by atoms with van der Waals surface area (Å²) < 4.78 is 18.3. The van der Waals surface area contributed by atoms with Gasteiger partial charge in [-0.3, -0.25) is 0 Å².